The normalized spacial score (nSPS) is 14.9. The summed E-state index contributed by atoms with van der Waals surface area (Å²) in [6.45, 7) is 6.96. The average Bonchev–Trinajstić information content (AvgIpc) is 2.76. The van der Waals surface area contributed by atoms with Gasteiger partial charge in [0.05, 0.1) is 5.69 Å². The van der Waals surface area contributed by atoms with Crippen molar-refractivity contribution < 1.29 is 9.53 Å². The number of carbonyl (C=O) groups is 1. The molecule has 0 unspecified atom stereocenters. The molecule has 0 radical (unpaired) electrons. The number of benzene rings is 2. The molecule has 0 aliphatic heterocycles. The molecular weight excluding hydrogens is 400 g/mol. The highest BCUT2D eigenvalue weighted by Gasteiger charge is 2.40. The highest BCUT2D eigenvalue weighted by Crippen LogP contribution is 2.44. The summed E-state index contributed by atoms with van der Waals surface area (Å²) in [5.41, 5.74) is 3.26. The van der Waals surface area contributed by atoms with Crippen molar-refractivity contribution in [2.24, 2.45) is 0 Å². The first kappa shape index (κ1) is 21.8. The quantitative estimate of drug-likeness (QED) is 0.487. The van der Waals surface area contributed by atoms with Crippen LogP contribution in [0, 0.1) is 0 Å². The van der Waals surface area contributed by atoms with Gasteiger partial charge in [0.25, 0.3) is 6.47 Å². The van der Waals surface area contributed by atoms with E-state index in [0.717, 1.165) is 47.6 Å². The highest BCUT2D eigenvalue weighted by molar-refractivity contribution is 5.68. The number of nitrogens with zero attached hydrogens (tertiary/aromatic N) is 3. The Labute approximate surface area is 189 Å². The fourth-order valence-electron chi connectivity index (χ4n) is 3.78. The first-order valence-corrected chi connectivity index (χ1v) is 11.0. The number of rotatable bonds is 7. The molecule has 1 aliphatic rings. The Morgan fingerprint density at radius 2 is 1.72 bits per heavy atom. The van der Waals surface area contributed by atoms with Crippen molar-refractivity contribution in [2.75, 3.05) is 17.3 Å². The van der Waals surface area contributed by atoms with E-state index in [9.17, 15) is 4.79 Å². The van der Waals surface area contributed by atoms with Crippen LogP contribution in [0.25, 0.3) is 11.3 Å². The minimum Gasteiger partial charge on any atom is -0.456 e. The number of aromatic nitrogens is 2. The first-order valence-electron chi connectivity index (χ1n) is 11.0. The van der Waals surface area contributed by atoms with Gasteiger partial charge in [0.2, 0.25) is 5.95 Å². The van der Waals surface area contributed by atoms with E-state index in [-0.39, 0.29) is 5.54 Å². The molecule has 6 heteroatoms. The summed E-state index contributed by atoms with van der Waals surface area (Å²) in [4.78, 5) is 22.6. The number of ether oxygens (including phenoxy) is 1. The average molecular weight is 431 g/mol. The lowest BCUT2D eigenvalue weighted by atomic mass is 9.75. The lowest BCUT2D eigenvalue weighted by Crippen LogP contribution is -2.39. The van der Waals surface area contributed by atoms with Crippen LogP contribution in [0.4, 0.5) is 17.5 Å². The molecule has 1 saturated carbocycles. The van der Waals surface area contributed by atoms with Gasteiger partial charge in [0.1, 0.15) is 11.4 Å². The monoisotopic (exact) mass is 430 g/mol. The molecule has 0 bridgehead atoms. The fourth-order valence-corrected chi connectivity index (χ4v) is 3.78. The Morgan fingerprint density at radius 1 is 1.03 bits per heavy atom. The van der Waals surface area contributed by atoms with Crippen molar-refractivity contribution in [3.63, 3.8) is 0 Å². The van der Waals surface area contributed by atoms with Gasteiger partial charge in [-0.25, -0.2) is 4.98 Å². The third-order valence-electron chi connectivity index (χ3n) is 6.21. The van der Waals surface area contributed by atoms with Gasteiger partial charge in [-0.3, -0.25) is 4.79 Å². The van der Waals surface area contributed by atoms with Crippen molar-refractivity contribution >= 4 is 23.9 Å². The van der Waals surface area contributed by atoms with E-state index in [2.05, 4.69) is 31.0 Å². The van der Waals surface area contributed by atoms with E-state index in [0.29, 0.717) is 12.4 Å². The zero-order valence-electron chi connectivity index (χ0n) is 19.1. The van der Waals surface area contributed by atoms with Crippen LogP contribution >= 0.6 is 0 Å². The van der Waals surface area contributed by atoms with E-state index in [1.807, 2.05) is 67.7 Å². The Morgan fingerprint density at radius 3 is 2.28 bits per heavy atom. The summed E-state index contributed by atoms with van der Waals surface area (Å²) in [5.74, 6) is 1.38. The predicted molar refractivity (Wildman–Crippen MR) is 128 cm³/mol. The molecule has 6 nitrogen and oxygen atoms in total. The van der Waals surface area contributed by atoms with Crippen LogP contribution in [0.3, 0.4) is 0 Å². The Kier molecular flexibility index (Phi) is 5.87. The lowest BCUT2D eigenvalue weighted by Gasteiger charge is -2.40. The van der Waals surface area contributed by atoms with Crippen molar-refractivity contribution in [1.29, 1.82) is 0 Å². The molecule has 4 rings (SSSR count). The van der Waals surface area contributed by atoms with Crippen LogP contribution in [0.1, 0.15) is 45.6 Å². The van der Waals surface area contributed by atoms with Crippen LogP contribution in [0.5, 0.6) is 0 Å². The van der Waals surface area contributed by atoms with Crippen molar-refractivity contribution in [3.8, 4) is 11.3 Å². The molecule has 1 heterocycles. The summed E-state index contributed by atoms with van der Waals surface area (Å²) in [6.07, 6.45) is 2.81. The van der Waals surface area contributed by atoms with Crippen molar-refractivity contribution in [2.45, 2.75) is 51.2 Å². The van der Waals surface area contributed by atoms with E-state index in [1.54, 1.807) is 0 Å². The summed E-state index contributed by atoms with van der Waals surface area (Å²) in [6, 6.07) is 20.1. The second kappa shape index (κ2) is 8.61. The fraction of sp³-hybridized carbons (Fsp3) is 0.346. The van der Waals surface area contributed by atoms with Crippen LogP contribution in [-0.4, -0.2) is 29.0 Å². The number of hydrogen-bond acceptors (Lipinski definition) is 6. The van der Waals surface area contributed by atoms with Gasteiger partial charge in [0.15, 0.2) is 0 Å². The summed E-state index contributed by atoms with van der Waals surface area (Å²) >= 11 is 0. The molecule has 0 atom stereocenters. The molecule has 1 aromatic heterocycles. The predicted octanol–water partition coefficient (Wildman–Crippen LogP) is 5.67. The minimum absolute atomic E-state index is 0.121. The highest BCUT2D eigenvalue weighted by atomic mass is 16.5. The number of anilines is 3. The third kappa shape index (κ3) is 4.44. The molecule has 2 aromatic carbocycles. The van der Waals surface area contributed by atoms with E-state index >= 15 is 0 Å². The summed E-state index contributed by atoms with van der Waals surface area (Å²) < 4.78 is 5.42. The third-order valence-corrected chi connectivity index (χ3v) is 6.21. The smallest absolute Gasteiger partial charge is 0.293 e. The maximum absolute atomic E-state index is 10.9. The van der Waals surface area contributed by atoms with Crippen LogP contribution in [0.15, 0.2) is 60.7 Å². The number of carbonyl (C=O) groups excluding carboxylic acids is 1. The standard InChI is InChI=1S/C26H30N4O2/c1-25(2,3)30(4)24-28-22(19-9-6-5-7-10-19)17-23(29-24)27-21-13-11-20(12-14-21)26(32-18-31)15-8-16-26/h5-7,9-14,17-18H,8,15-16H2,1-4H3,(H,27,28,29). The number of nitrogens with one attached hydrogen (secondary N) is 1. The van der Waals surface area contributed by atoms with Gasteiger partial charge < -0.3 is 15.0 Å². The van der Waals surface area contributed by atoms with E-state index in [4.69, 9.17) is 14.7 Å². The molecular formula is C26H30N4O2. The second-order valence-electron chi connectivity index (χ2n) is 9.30. The maximum atomic E-state index is 10.9. The minimum atomic E-state index is -0.460. The molecule has 0 amide bonds. The Bertz CT molecular complexity index is 1070. The largest absolute Gasteiger partial charge is 0.456 e. The molecule has 0 spiro atoms. The lowest BCUT2D eigenvalue weighted by molar-refractivity contribution is -0.155. The Hall–Kier alpha value is -3.41. The topological polar surface area (TPSA) is 67.3 Å². The molecule has 1 fully saturated rings. The second-order valence-corrected chi connectivity index (χ2v) is 9.30. The zero-order valence-corrected chi connectivity index (χ0v) is 19.1. The zero-order chi connectivity index (χ0) is 22.8. The molecule has 32 heavy (non-hydrogen) atoms. The summed E-state index contributed by atoms with van der Waals surface area (Å²) in [5, 5.41) is 3.42. The van der Waals surface area contributed by atoms with Gasteiger partial charge >= 0.3 is 0 Å². The SMILES string of the molecule is CN(c1nc(Nc2ccc(C3(OC=O)CCC3)cc2)cc(-c2ccccc2)n1)C(C)(C)C. The van der Waals surface area contributed by atoms with E-state index < -0.39 is 5.60 Å². The number of hydrogen-bond donors (Lipinski definition) is 1. The molecule has 166 valence electrons. The first-order chi connectivity index (χ1) is 15.3. The molecule has 1 N–H and O–H groups in total. The van der Waals surface area contributed by atoms with Gasteiger partial charge in [-0.1, -0.05) is 42.5 Å². The molecule has 0 saturated heterocycles. The Balaban J connectivity index is 1.65. The van der Waals surface area contributed by atoms with Gasteiger partial charge in [-0.05, 0) is 57.7 Å². The van der Waals surface area contributed by atoms with Crippen LogP contribution in [-0.2, 0) is 15.1 Å². The van der Waals surface area contributed by atoms with Crippen LogP contribution < -0.4 is 10.2 Å². The van der Waals surface area contributed by atoms with E-state index in [1.165, 1.54) is 0 Å². The van der Waals surface area contributed by atoms with Gasteiger partial charge in [-0.2, -0.15) is 4.98 Å². The van der Waals surface area contributed by atoms with Gasteiger partial charge in [0, 0.05) is 29.9 Å². The molecule has 3 aromatic rings. The van der Waals surface area contributed by atoms with Crippen molar-refractivity contribution in [1.82, 2.24) is 9.97 Å². The van der Waals surface area contributed by atoms with Crippen molar-refractivity contribution in [3.05, 3.63) is 66.2 Å². The van der Waals surface area contributed by atoms with Crippen LogP contribution in [0.2, 0.25) is 0 Å². The maximum Gasteiger partial charge on any atom is 0.293 e. The molecule has 1 aliphatic carbocycles. The van der Waals surface area contributed by atoms with Gasteiger partial charge in [-0.15, -0.1) is 0 Å². The summed E-state index contributed by atoms with van der Waals surface area (Å²) in [7, 11) is 2.01.